The van der Waals surface area contributed by atoms with Crippen LogP contribution >= 0.6 is 12.4 Å². The zero-order chi connectivity index (χ0) is 18.9. The maximum absolute atomic E-state index is 12.8. The molecule has 2 aliphatic heterocycles. The standard InChI is InChI=1S/C22H29N5O.ClH/c28-21(14-16-5-6-17-3-1-2-4-19(17)13-16)26-10-7-18(8-11-26)22-25-24-20-15-23-9-12-27(20)22;/h5-6,13,18,23H,1-4,7-12,14-15H2;1H. The van der Waals surface area contributed by atoms with Gasteiger partial charge in [-0.05, 0) is 55.2 Å². The number of hydrogen-bond acceptors (Lipinski definition) is 4. The van der Waals surface area contributed by atoms with Gasteiger partial charge in [-0.3, -0.25) is 4.79 Å². The zero-order valence-corrected chi connectivity index (χ0v) is 17.7. The van der Waals surface area contributed by atoms with Crippen LogP contribution in [0.5, 0.6) is 0 Å². The van der Waals surface area contributed by atoms with Crippen molar-refractivity contribution in [2.75, 3.05) is 19.6 Å². The van der Waals surface area contributed by atoms with Crippen LogP contribution in [0.2, 0.25) is 0 Å². The minimum Gasteiger partial charge on any atom is -0.342 e. The van der Waals surface area contributed by atoms with Crippen LogP contribution in [-0.4, -0.2) is 45.2 Å². The van der Waals surface area contributed by atoms with Gasteiger partial charge in [0.1, 0.15) is 11.6 Å². The maximum Gasteiger partial charge on any atom is 0.226 e. The Balaban J connectivity index is 0.00000205. The number of aromatic nitrogens is 3. The molecule has 0 radical (unpaired) electrons. The fraction of sp³-hybridized carbons (Fsp3) is 0.591. The molecule has 29 heavy (non-hydrogen) atoms. The third kappa shape index (κ3) is 4.19. The molecular formula is C22H30ClN5O. The van der Waals surface area contributed by atoms with Crippen molar-refractivity contribution in [2.24, 2.45) is 0 Å². The number of aryl methyl sites for hydroxylation is 2. The molecule has 1 aromatic heterocycles. The van der Waals surface area contributed by atoms with Crippen LogP contribution < -0.4 is 5.32 Å². The Morgan fingerprint density at radius 1 is 1.07 bits per heavy atom. The van der Waals surface area contributed by atoms with Gasteiger partial charge in [0.25, 0.3) is 0 Å². The Morgan fingerprint density at radius 2 is 1.86 bits per heavy atom. The highest BCUT2D eigenvalue weighted by Crippen LogP contribution is 2.28. The first-order chi connectivity index (χ1) is 13.8. The smallest absolute Gasteiger partial charge is 0.226 e. The third-order valence-electron chi connectivity index (χ3n) is 6.63. The lowest BCUT2D eigenvalue weighted by atomic mass is 9.89. The van der Waals surface area contributed by atoms with E-state index in [1.165, 1.54) is 42.4 Å². The predicted molar refractivity (Wildman–Crippen MR) is 114 cm³/mol. The van der Waals surface area contributed by atoms with Gasteiger partial charge in [0, 0.05) is 32.1 Å². The van der Waals surface area contributed by atoms with Crippen LogP contribution in [0.4, 0.5) is 0 Å². The summed E-state index contributed by atoms with van der Waals surface area (Å²) in [4.78, 5) is 14.9. The molecule has 2 aromatic rings. The SMILES string of the molecule is Cl.O=C(Cc1ccc2c(c1)CCCC2)N1CCC(c2nnc3n2CCNC3)CC1. The Morgan fingerprint density at radius 3 is 2.69 bits per heavy atom. The van der Waals surface area contributed by atoms with Crippen molar-refractivity contribution in [1.29, 1.82) is 0 Å². The summed E-state index contributed by atoms with van der Waals surface area (Å²) in [5.74, 6) is 2.86. The number of piperidine rings is 1. The lowest BCUT2D eigenvalue weighted by molar-refractivity contribution is -0.131. The summed E-state index contributed by atoms with van der Waals surface area (Å²) in [5, 5.41) is 12.2. The summed E-state index contributed by atoms with van der Waals surface area (Å²) in [7, 11) is 0. The molecule has 156 valence electrons. The summed E-state index contributed by atoms with van der Waals surface area (Å²) in [6, 6.07) is 6.67. The van der Waals surface area contributed by atoms with Crippen molar-refractivity contribution >= 4 is 18.3 Å². The molecule has 1 aromatic carbocycles. The summed E-state index contributed by atoms with van der Waals surface area (Å²) >= 11 is 0. The Hall–Kier alpha value is -1.92. The van der Waals surface area contributed by atoms with Crippen LogP contribution in [0.15, 0.2) is 18.2 Å². The Labute approximate surface area is 178 Å². The average Bonchev–Trinajstić information content (AvgIpc) is 3.18. The largest absolute Gasteiger partial charge is 0.342 e. The molecule has 5 rings (SSSR count). The minimum atomic E-state index is 0. The Bertz CT molecular complexity index is 872. The van der Waals surface area contributed by atoms with E-state index in [1.54, 1.807) is 0 Å². The van der Waals surface area contributed by atoms with E-state index in [0.29, 0.717) is 12.3 Å². The maximum atomic E-state index is 12.8. The zero-order valence-electron chi connectivity index (χ0n) is 16.9. The molecule has 1 amide bonds. The number of nitrogens with zero attached hydrogens (tertiary/aromatic N) is 4. The molecule has 1 N–H and O–H groups in total. The summed E-state index contributed by atoms with van der Waals surface area (Å²) < 4.78 is 2.28. The van der Waals surface area contributed by atoms with Crippen molar-refractivity contribution < 1.29 is 4.79 Å². The van der Waals surface area contributed by atoms with Crippen LogP contribution in [0.3, 0.4) is 0 Å². The lowest BCUT2D eigenvalue weighted by Gasteiger charge is -2.32. The molecule has 1 aliphatic carbocycles. The molecule has 3 aliphatic rings. The van der Waals surface area contributed by atoms with E-state index in [2.05, 4.69) is 38.3 Å². The number of fused-ring (bicyclic) bond motifs is 2. The van der Waals surface area contributed by atoms with Gasteiger partial charge in [0.05, 0.1) is 13.0 Å². The quantitative estimate of drug-likeness (QED) is 0.837. The first kappa shape index (κ1) is 20.4. The van der Waals surface area contributed by atoms with Crippen molar-refractivity contribution in [3.63, 3.8) is 0 Å². The fourth-order valence-electron chi connectivity index (χ4n) is 4.99. The number of carbonyl (C=O) groups excluding carboxylic acids is 1. The van der Waals surface area contributed by atoms with Gasteiger partial charge in [-0.2, -0.15) is 0 Å². The second-order valence-corrected chi connectivity index (χ2v) is 8.44. The molecule has 6 nitrogen and oxygen atoms in total. The summed E-state index contributed by atoms with van der Waals surface area (Å²) in [5.41, 5.74) is 4.11. The first-order valence-electron chi connectivity index (χ1n) is 10.8. The van der Waals surface area contributed by atoms with Gasteiger partial charge in [-0.15, -0.1) is 22.6 Å². The topological polar surface area (TPSA) is 63.1 Å². The molecular weight excluding hydrogens is 386 g/mol. The molecule has 7 heteroatoms. The monoisotopic (exact) mass is 415 g/mol. The lowest BCUT2D eigenvalue weighted by Crippen LogP contribution is -2.39. The molecule has 0 atom stereocenters. The van der Waals surface area contributed by atoms with Crippen LogP contribution in [-0.2, 0) is 37.1 Å². The van der Waals surface area contributed by atoms with E-state index in [-0.39, 0.29) is 18.3 Å². The number of nitrogens with one attached hydrogen (secondary N) is 1. The predicted octanol–water partition coefficient (Wildman–Crippen LogP) is 2.63. The van der Waals surface area contributed by atoms with Crippen LogP contribution in [0.1, 0.15) is 59.9 Å². The van der Waals surface area contributed by atoms with Gasteiger partial charge in [0.15, 0.2) is 0 Å². The molecule has 0 spiro atoms. The first-order valence-corrected chi connectivity index (χ1v) is 10.8. The van der Waals surface area contributed by atoms with Gasteiger partial charge in [-0.1, -0.05) is 18.2 Å². The second kappa shape index (κ2) is 8.84. The summed E-state index contributed by atoms with van der Waals surface area (Å²) in [6.45, 7) is 4.40. The van der Waals surface area contributed by atoms with E-state index in [1.807, 2.05) is 4.90 Å². The molecule has 0 bridgehead atoms. The highest BCUT2D eigenvalue weighted by atomic mass is 35.5. The van der Waals surface area contributed by atoms with Gasteiger partial charge < -0.3 is 14.8 Å². The van der Waals surface area contributed by atoms with Crippen LogP contribution in [0, 0.1) is 0 Å². The molecule has 1 saturated heterocycles. The average molecular weight is 416 g/mol. The third-order valence-corrected chi connectivity index (χ3v) is 6.63. The van der Waals surface area contributed by atoms with Crippen LogP contribution in [0.25, 0.3) is 0 Å². The molecule has 1 fully saturated rings. The van der Waals surface area contributed by atoms with Gasteiger partial charge >= 0.3 is 0 Å². The second-order valence-electron chi connectivity index (χ2n) is 8.44. The van der Waals surface area contributed by atoms with Gasteiger partial charge in [0.2, 0.25) is 5.91 Å². The van der Waals surface area contributed by atoms with E-state index < -0.39 is 0 Å². The highest BCUT2D eigenvalue weighted by molar-refractivity contribution is 5.85. The normalized spacial score (nSPS) is 19.2. The van der Waals surface area contributed by atoms with E-state index in [9.17, 15) is 4.79 Å². The van der Waals surface area contributed by atoms with E-state index in [0.717, 1.165) is 57.2 Å². The van der Waals surface area contributed by atoms with Crippen molar-refractivity contribution in [3.05, 3.63) is 46.5 Å². The minimum absolute atomic E-state index is 0. The number of rotatable bonds is 3. The number of likely N-dealkylation sites (tertiary alicyclic amines) is 1. The molecule has 0 saturated carbocycles. The highest BCUT2D eigenvalue weighted by Gasteiger charge is 2.28. The van der Waals surface area contributed by atoms with E-state index >= 15 is 0 Å². The summed E-state index contributed by atoms with van der Waals surface area (Å²) in [6.07, 6.45) is 7.44. The number of amides is 1. The number of benzene rings is 1. The Kier molecular flexibility index (Phi) is 6.20. The number of carbonyl (C=O) groups is 1. The molecule has 3 heterocycles. The number of hydrogen-bond donors (Lipinski definition) is 1. The molecule has 0 unspecified atom stereocenters. The number of halogens is 1. The van der Waals surface area contributed by atoms with Gasteiger partial charge in [-0.25, -0.2) is 0 Å². The fourth-order valence-corrected chi connectivity index (χ4v) is 4.99. The van der Waals surface area contributed by atoms with Crippen molar-refractivity contribution in [1.82, 2.24) is 25.0 Å². The van der Waals surface area contributed by atoms with E-state index in [4.69, 9.17) is 0 Å². The van der Waals surface area contributed by atoms with Crippen molar-refractivity contribution in [3.8, 4) is 0 Å². The van der Waals surface area contributed by atoms with Crippen molar-refractivity contribution in [2.45, 2.75) is 64.0 Å².